The largest absolute Gasteiger partial charge is 0.494 e. The summed E-state index contributed by atoms with van der Waals surface area (Å²) in [5.74, 6) is -0.0785. The number of nitrogens with zero attached hydrogens (tertiary/aromatic N) is 1. The summed E-state index contributed by atoms with van der Waals surface area (Å²) >= 11 is 0. The van der Waals surface area contributed by atoms with Gasteiger partial charge in [-0.2, -0.15) is 0 Å². The number of carboxylic acids is 1. The summed E-state index contributed by atoms with van der Waals surface area (Å²) in [6.45, 7) is 4.74. The molecule has 0 spiro atoms. The highest BCUT2D eigenvalue weighted by atomic mass is 16.5. The Hall–Kier alpha value is -3.66. The van der Waals surface area contributed by atoms with Crippen LogP contribution in [-0.4, -0.2) is 22.7 Å². The Balaban J connectivity index is 1.66. The van der Waals surface area contributed by atoms with Gasteiger partial charge < -0.3 is 9.84 Å². The van der Waals surface area contributed by atoms with Crippen LogP contribution < -0.4 is 4.74 Å². The molecule has 0 saturated carbocycles. The molecule has 4 heteroatoms. The molecule has 0 fully saturated rings. The number of carbonyl (C=O) groups is 1. The summed E-state index contributed by atoms with van der Waals surface area (Å²) in [5.41, 5.74) is 5.67. The maximum absolute atomic E-state index is 11.8. The number of benzene rings is 3. The summed E-state index contributed by atoms with van der Waals surface area (Å²) in [7, 11) is 0. The molecule has 0 aliphatic carbocycles. The predicted octanol–water partition coefficient (Wildman–Crippen LogP) is 6.36. The minimum absolute atomic E-state index is 0.269. The summed E-state index contributed by atoms with van der Waals surface area (Å²) < 4.78 is 5.64. The van der Waals surface area contributed by atoms with Gasteiger partial charge in [0.25, 0.3) is 0 Å². The van der Waals surface area contributed by atoms with Crippen LogP contribution in [0.1, 0.15) is 29.3 Å². The monoisotopic (exact) mass is 397 g/mol. The van der Waals surface area contributed by atoms with Crippen LogP contribution in [0, 0.1) is 6.92 Å². The second-order valence-electron chi connectivity index (χ2n) is 7.33. The van der Waals surface area contributed by atoms with Gasteiger partial charge in [0, 0.05) is 10.9 Å². The lowest BCUT2D eigenvalue weighted by Gasteiger charge is -2.09. The van der Waals surface area contributed by atoms with Crippen molar-refractivity contribution in [3.8, 4) is 28.1 Å². The molecule has 0 radical (unpaired) electrons. The Bertz CT molecular complexity index is 1200. The van der Waals surface area contributed by atoms with Crippen LogP contribution in [0.4, 0.5) is 0 Å². The average Bonchev–Trinajstić information content (AvgIpc) is 2.77. The normalized spacial score (nSPS) is 10.9. The van der Waals surface area contributed by atoms with E-state index >= 15 is 0 Å². The molecule has 30 heavy (non-hydrogen) atoms. The smallest absolute Gasteiger partial charge is 0.336 e. The van der Waals surface area contributed by atoms with Gasteiger partial charge in [-0.1, -0.05) is 55.0 Å². The Kier molecular flexibility index (Phi) is 5.48. The van der Waals surface area contributed by atoms with Crippen LogP contribution in [0.3, 0.4) is 0 Å². The quantitative estimate of drug-likeness (QED) is 0.411. The zero-order chi connectivity index (χ0) is 21.1. The highest BCUT2D eigenvalue weighted by molar-refractivity contribution is 6.04. The predicted molar refractivity (Wildman–Crippen MR) is 120 cm³/mol. The van der Waals surface area contributed by atoms with E-state index in [1.165, 1.54) is 0 Å². The van der Waals surface area contributed by atoms with Crippen LogP contribution in [0.5, 0.6) is 5.75 Å². The second kappa shape index (κ2) is 8.37. The fourth-order valence-corrected chi connectivity index (χ4v) is 3.46. The van der Waals surface area contributed by atoms with E-state index in [2.05, 4.69) is 6.92 Å². The fraction of sp³-hybridized carbons (Fsp3) is 0.154. The van der Waals surface area contributed by atoms with Crippen LogP contribution >= 0.6 is 0 Å². The van der Waals surface area contributed by atoms with Crippen molar-refractivity contribution in [2.24, 2.45) is 0 Å². The number of hydrogen-bond donors (Lipinski definition) is 1. The molecule has 1 heterocycles. The van der Waals surface area contributed by atoms with Crippen LogP contribution in [0.15, 0.2) is 72.8 Å². The molecule has 4 rings (SSSR count). The molecule has 0 atom stereocenters. The third-order valence-corrected chi connectivity index (χ3v) is 5.04. The van der Waals surface area contributed by atoms with Crippen molar-refractivity contribution in [1.82, 2.24) is 4.98 Å². The maximum atomic E-state index is 11.8. The number of pyridine rings is 1. The number of ether oxygens (including phenoxy) is 1. The van der Waals surface area contributed by atoms with Gasteiger partial charge in [-0.15, -0.1) is 0 Å². The van der Waals surface area contributed by atoms with Gasteiger partial charge in [0.2, 0.25) is 0 Å². The highest BCUT2D eigenvalue weighted by Crippen LogP contribution is 2.28. The molecule has 1 aromatic heterocycles. The van der Waals surface area contributed by atoms with Crippen molar-refractivity contribution in [3.63, 3.8) is 0 Å². The maximum Gasteiger partial charge on any atom is 0.336 e. The van der Waals surface area contributed by atoms with Gasteiger partial charge in [-0.05, 0) is 54.8 Å². The van der Waals surface area contributed by atoms with Crippen LogP contribution in [0.25, 0.3) is 33.3 Å². The second-order valence-corrected chi connectivity index (χ2v) is 7.33. The van der Waals surface area contributed by atoms with Gasteiger partial charge in [0.1, 0.15) is 5.75 Å². The van der Waals surface area contributed by atoms with E-state index in [1.54, 1.807) is 6.07 Å². The molecular formula is C26H23NO3. The number of fused-ring (bicyclic) bond motifs is 1. The lowest BCUT2D eigenvalue weighted by molar-refractivity contribution is 0.0699. The van der Waals surface area contributed by atoms with E-state index in [1.807, 2.05) is 73.7 Å². The van der Waals surface area contributed by atoms with E-state index < -0.39 is 5.97 Å². The third kappa shape index (κ3) is 4.03. The Labute approximate surface area is 175 Å². The molecule has 0 bridgehead atoms. The molecule has 150 valence electrons. The van der Waals surface area contributed by atoms with E-state index in [4.69, 9.17) is 9.72 Å². The summed E-state index contributed by atoms with van der Waals surface area (Å²) in [4.78, 5) is 16.5. The molecule has 4 aromatic rings. The molecule has 0 aliphatic heterocycles. The molecular weight excluding hydrogens is 374 g/mol. The topological polar surface area (TPSA) is 59.4 Å². The minimum Gasteiger partial charge on any atom is -0.494 e. The lowest BCUT2D eigenvalue weighted by Crippen LogP contribution is -2.00. The van der Waals surface area contributed by atoms with Gasteiger partial charge in [0.15, 0.2) is 0 Å². The Morgan fingerprint density at radius 3 is 2.17 bits per heavy atom. The zero-order valence-corrected chi connectivity index (χ0v) is 17.1. The van der Waals surface area contributed by atoms with Gasteiger partial charge in [-0.25, -0.2) is 9.78 Å². The van der Waals surface area contributed by atoms with Crippen molar-refractivity contribution in [1.29, 1.82) is 0 Å². The molecule has 0 amide bonds. The third-order valence-electron chi connectivity index (χ3n) is 5.04. The number of aromatic nitrogens is 1. The number of aromatic carboxylic acids is 1. The number of hydrogen-bond acceptors (Lipinski definition) is 3. The fourth-order valence-electron chi connectivity index (χ4n) is 3.46. The summed E-state index contributed by atoms with van der Waals surface area (Å²) in [6.07, 6.45) is 0.981. The summed E-state index contributed by atoms with van der Waals surface area (Å²) in [5, 5.41) is 10.3. The van der Waals surface area contributed by atoms with E-state index in [0.29, 0.717) is 23.2 Å². The van der Waals surface area contributed by atoms with Crippen molar-refractivity contribution < 1.29 is 14.6 Å². The first-order valence-corrected chi connectivity index (χ1v) is 10.0. The van der Waals surface area contributed by atoms with E-state index in [0.717, 1.165) is 34.4 Å². The van der Waals surface area contributed by atoms with Crippen molar-refractivity contribution in [3.05, 3.63) is 83.9 Å². The molecule has 0 saturated heterocycles. The van der Waals surface area contributed by atoms with Gasteiger partial charge in [0.05, 0.1) is 23.4 Å². The van der Waals surface area contributed by atoms with Crippen molar-refractivity contribution in [2.45, 2.75) is 20.3 Å². The van der Waals surface area contributed by atoms with Crippen LogP contribution in [0.2, 0.25) is 0 Å². The number of carboxylic acid groups (broad SMARTS) is 1. The Morgan fingerprint density at radius 1 is 0.900 bits per heavy atom. The van der Waals surface area contributed by atoms with Gasteiger partial charge in [-0.3, -0.25) is 0 Å². The van der Waals surface area contributed by atoms with Crippen molar-refractivity contribution >= 4 is 16.9 Å². The van der Waals surface area contributed by atoms with E-state index in [-0.39, 0.29) is 5.56 Å². The van der Waals surface area contributed by atoms with Crippen molar-refractivity contribution in [2.75, 3.05) is 6.61 Å². The highest BCUT2D eigenvalue weighted by Gasteiger charge is 2.13. The standard InChI is InChI=1S/C26H23NO3/c1-3-14-30-21-11-9-19(10-12-21)18-5-7-20(8-6-18)25-16-23(26(28)29)22-15-17(2)4-13-24(22)27-25/h4-13,15-16H,3,14H2,1-2H3,(H,28,29). The van der Waals surface area contributed by atoms with Gasteiger partial charge >= 0.3 is 5.97 Å². The zero-order valence-electron chi connectivity index (χ0n) is 17.1. The molecule has 3 aromatic carbocycles. The summed E-state index contributed by atoms with van der Waals surface area (Å²) in [6, 6.07) is 23.4. The SMILES string of the molecule is CCCOc1ccc(-c2ccc(-c3cc(C(=O)O)c4cc(C)ccc4n3)cc2)cc1. The molecule has 0 unspecified atom stereocenters. The molecule has 1 N–H and O–H groups in total. The first-order valence-electron chi connectivity index (χ1n) is 10.0. The molecule has 4 nitrogen and oxygen atoms in total. The first kappa shape index (κ1) is 19.6. The number of aryl methyl sites for hydroxylation is 1. The Morgan fingerprint density at radius 2 is 1.53 bits per heavy atom. The lowest BCUT2D eigenvalue weighted by atomic mass is 10.00. The average molecular weight is 397 g/mol. The minimum atomic E-state index is -0.948. The molecule has 0 aliphatic rings. The van der Waals surface area contributed by atoms with Crippen LogP contribution in [-0.2, 0) is 0 Å². The number of rotatable bonds is 6. The van der Waals surface area contributed by atoms with E-state index in [9.17, 15) is 9.90 Å². The first-order chi connectivity index (χ1) is 14.5.